The number of phenolic OH excluding ortho intramolecular Hbond substituents is 1. The Labute approximate surface area is 233 Å². The molecule has 222 valence electrons. The van der Waals surface area contributed by atoms with Crippen LogP contribution in [0, 0.1) is 23.2 Å². The van der Waals surface area contributed by atoms with E-state index in [-0.39, 0.29) is 12.5 Å². The number of aliphatic hydroxyl groups is 1. The van der Waals surface area contributed by atoms with Crippen LogP contribution in [-0.2, 0) is 9.59 Å². The van der Waals surface area contributed by atoms with Crippen LogP contribution in [0.25, 0.3) is 0 Å². The van der Waals surface area contributed by atoms with Gasteiger partial charge >= 0.3 is 12.1 Å². The minimum Gasteiger partial charge on any atom is -0.508 e. The first-order valence-electron chi connectivity index (χ1n) is 14.7. The molecular formula is C30H41F3N2O5. The molecule has 6 aliphatic rings. The molecule has 1 aromatic rings. The molecule has 6 fully saturated rings. The first-order chi connectivity index (χ1) is 18.9. The lowest BCUT2D eigenvalue weighted by atomic mass is 9.49. The number of fused-ring (bicyclic) bond motifs is 2. The number of aromatic hydroxyl groups is 1. The normalized spacial score (nSPS) is 34.3. The molecule has 2 unspecified atom stereocenters. The SMILES string of the molecule is O=C(CO)N(CCN1C2CCC1CC(c1cccc(O)c1)C2)CC12CC3CC(CC(C3)C1)C2.O=C(O)C(F)(F)F. The number of aliphatic carboxylic acids is 1. The summed E-state index contributed by atoms with van der Waals surface area (Å²) in [6.45, 7) is 2.19. The summed E-state index contributed by atoms with van der Waals surface area (Å²) in [4.78, 5) is 26.4. The van der Waals surface area contributed by atoms with Gasteiger partial charge in [-0.3, -0.25) is 9.69 Å². The lowest BCUT2D eigenvalue weighted by molar-refractivity contribution is -0.192. The number of carbonyl (C=O) groups excluding carboxylic acids is 1. The number of aliphatic hydroxyl groups excluding tert-OH is 1. The molecule has 1 aromatic carbocycles. The molecule has 0 spiro atoms. The van der Waals surface area contributed by atoms with Gasteiger partial charge < -0.3 is 20.2 Å². The molecular weight excluding hydrogens is 525 g/mol. The summed E-state index contributed by atoms with van der Waals surface area (Å²) in [5, 5.41) is 26.8. The van der Waals surface area contributed by atoms with E-state index in [1.54, 1.807) is 6.07 Å². The van der Waals surface area contributed by atoms with Crippen molar-refractivity contribution < 1.29 is 38.1 Å². The Kier molecular flexibility index (Phi) is 8.39. The molecule has 40 heavy (non-hydrogen) atoms. The molecule has 1 amide bonds. The maximum atomic E-state index is 12.8. The molecule has 6 bridgehead atoms. The van der Waals surface area contributed by atoms with Crippen LogP contribution < -0.4 is 0 Å². The third-order valence-corrected chi connectivity index (χ3v) is 10.3. The highest BCUT2D eigenvalue weighted by atomic mass is 19.4. The van der Waals surface area contributed by atoms with E-state index in [0.29, 0.717) is 29.2 Å². The highest BCUT2D eigenvalue weighted by Gasteiger charge is 2.52. The highest BCUT2D eigenvalue weighted by molar-refractivity contribution is 5.77. The fourth-order valence-corrected chi connectivity index (χ4v) is 9.21. The van der Waals surface area contributed by atoms with Gasteiger partial charge in [0.1, 0.15) is 12.4 Å². The van der Waals surface area contributed by atoms with Gasteiger partial charge in [-0.05, 0) is 111 Å². The zero-order chi connectivity index (χ0) is 28.7. The standard InChI is InChI=1S/C28H40N2O3.C2HF3O2/c31-17-27(33)29(18-28-14-19-8-20(15-28)10-21(9-19)16-28)6-7-30-24-4-5-25(30)12-23(11-24)22-2-1-3-26(32)13-22;3-2(4,5)1(6)7/h1-3,13,19-21,23-25,31-32H,4-12,14-18H2;(H,6,7). The number of halogens is 3. The number of carboxylic acids is 1. The molecule has 2 saturated heterocycles. The van der Waals surface area contributed by atoms with Gasteiger partial charge in [0.2, 0.25) is 5.91 Å². The average molecular weight is 567 g/mol. The molecule has 2 aliphatic heterocycles. The molecule has 4 aliphatic carbocycles. The van der Waals surface area contributed by atoms with E-state index in [9.17, 15) is 28.2 Å². The van der Waals surface area contributed by atoms with Gasteiger partial charge in [0.15, 0.2) is 0 Å². The number of alkyl halides is 3. The summed E-state index contributed by atoms with van der Waals surface area (Å²) < 4.78 is 31.7. The van der Waals surface area contributed by atoms with E-state index in [4.69, 9.17) is 9.90 Å². The van der Waals surface area contributed by atoms with Crippen molar-refractivity contribution in [2.24, 2.45) is 23.2 Å². The Morgan fingerprint density at radius 1 is 0.975 bits per heavy atom. The minimum atomic E-state index is -5.08. The van der Waals surface area contributed by atoms with E-state index in [0.717, 1.165) is 50.2 Å². The third-order valence-electron chi connectivity index (χ3n) is 10.3. The van der Waals surface area contributed by atoms with Crippen LogP contribution in [0.4, 0.5) is 13.2 Å². The molecule has 4 saturated carbocycles. The molecule has 7 rings (SSSR count). The number of hydrogen-bond acceptors (Lipinski definition) is 5. The average Bonchev–Trinajstić information content (AvgIpc) is 3.11. The summed E-state index contributed by atoms with van der Waals surface area (Å²) in [6, 6.07) is 8.95. The molecule has 0 radical (unpaired) electrons. The second-order valence-corrected chi connectivity index (χ2v) is 13.1. The summed E-state index contributed by atoms with van der Waals surface area (Å²) >= 11 is 0. The summed E-state index contributed by atoms with van der Waals surface area (Å²) in [6.07, 6.45) is 7.84. The van der Waals surface area contributed by atoms with Crippen molar-refractivity contribution in [3.63, 3.8) is 0 Å². The predicted molar refractivity (Wildman–Crippen MR) is 142 cm³/mol. The second kappa shape index (κ2) is 11.5. The molecule has 10 heteroatoms. The number of rotatable bonds is 7. The van der Waals surface area contributed by atoms with Gasteiger partial charge in [-0.25, -0.2) is 4.79 Å². The third kappa shape index (κ3) is 6.43. The van der Waals surface area contributed by atoms with Crippen molar-refractivity contribution in [1.82, 2.24) is 9.80 Å². The van der Waals surface area contributed by atoms with E-state index in [1.165, 1.54) is 56.9 Å². The Bertz CT molecular complexity index is 1030. The van der Waals surface area contributed by atoms with Gasteiger partial charge in [0, 0.05) is 31.7 Å². The van der Waals surface area contributed by atoms with Crippen LogP contribution in [0.5, 0.6) is 5.75 Å². The smallest absolute Gasteiger partial charge is 0.490 e. The maximum absolute atomic E-state index is 12.8. The van der Waals surface area contributed by atoms with Gasteiger partial charge in [0.25, 0.3) is 0 Å². The van der Waals surface area contributed by atoms with E-state index in [2.05, 4.69) is 11.0 Å². The van der Waals surface area contributed by atoms with Crippen LogP contribution >= 0.6 is 0 Å². The zero-order valence-corrected chi connectivity index (χ0v) is 22.9. The van der Waals surface area contributed by atoms with Crippen LogP contribution in [0.3, 0.4) is 0 Å². The summed E-state index contributed by atoms with van der Waals surface area (Å²) in [5.41, 5.74) is 1.59. The van der Waals surface area contributed by atoms with Gasteiger partial charge in [0.05, 0.1) is 0 Å². The number of benzene rings is 1. The number of carboxylic acid groups (broad SMARTS) is 1. The predicted octanol–water partition coefficient (Wildman–Crippen LogP) is 4.77. The number of nitrogens with zero attached hydrogens (tertiary/aromatic N) is 2. The topological polar surface area (TPSA) is 101 Å². The monoisotopic (exact) mass is 566 g/mol. The number of amides is 1. The summed E-state index contributed by atoms with van der Waals surface area (Å²) in [5.74, 6) is 0.706. The zero-order valence-electron chi connectivity index (χ0n) is 22.9. The van der Waals surface area contributed by atoms with Crippen molar-refractivity contribution >= 4 is 11.9 Å². The van der Waals surface area contributed by atoms with Gasteiger partial charge in [-0.2, -0.15) is 13.2 Å². The van der Waals surface area contributed by atoms with Crippen molar-refractivity contribution in [1.29, 1.82) is 0 Å². The maximum Gasteiger partial charge on any atom is 0.490 e. The summed E-state index contributed by atoms with van der Waals surface area (Å²) in [7, 11) is 0. The molecule has 0 aromatic heterocycles. The lowest BCUT2D eigenvalue weighted by Crippen LogP contribution is -2.54. The largest absolute Gasteiger partial charge is 0.508 e. The Balaban J connectivity index is 0.000000411. The number of hydrogen-bond donors (Lipinski definition) is 3. The second-order valence-electron chi connectivity index (χ2n) is 13.1. The van der Waals surface area contributed by atoms with Gasteiger partial charge in [-0.15, -0.1) is 0 Å². The van der Waals surface area contributed by atoms with Crippen molar-refractivity contribution in [3.05, 3.63) is 29.8 Å². The molecule has 7 nitrogen and oxygen atoms in total. The van der Waals surface area contributed by atoms with Crippen molar-refractivity contribution in [2.45, 2.75) is 88.4 Å². The van der Waals surface area contributed by atoms with E-state index in [1.807, 2.05) is 17.0 Å². The first-order valence-corrected chi connectivity index (χ1v) is 14.7. The Morgan fingerprint density at radius 3 is 2.00 bits per heavy atom. The van der Waals surface area contributed by atoms with Crippen LogP contribution in [0.15, 0.2) is 24.3 Å². The number of phenols is 1. The first kappa shape index (κ1) is 29.2. The van der Waals surface area contributed by atoms with Crippen LogP contribution in [-0.4, -0.2) is 81.5 Å². The van der Waals surface area contributed by atoms with Crippen molar-refractivity contribution in [3.8, 4) is 5.75 Å². The highest BCUT2D eigenvalue weighted by Crippen LogP contribution is 2.60. The fraction of sp³-hybridized carbons (Fsp3) is 0.733. The van der Waals surface area contributed by atoms with Crippen molar-refractivity contribution in [2.75, 3.05) is 26.2 Å². The molecule has 2 atom stereocenters. The number of piperidine rings is 1. The quantitative estimate of drug-likeness (QED) is 0.440. The van der Waals surface area contributed by atoms with E-state index >= 15 is 0 Å². The van der Waals surface area contributed by atoms with Crippen LogP contribution in [0.2, 0.25) is 0 Å². The number of carbonyl (C=O) groups is 2. The lowest BCUT2D eigenvalue weighted by Gasteiger charge is -2.58. The Morgan fingerprint density at radius 2 is 1.52 bits per heavy atom. The molecule has 3 N–H and O–H groups in total. The minimum absolute atomic E-state index is 0.0762. The van der Waals surface area contributed by atoms with Gasteiger partial charge in [-0.1, -0.05) is 12.1 Å². The fourth-order valence-electron chi connectivity index (χ4n) is 9.21. The van der Waals surface area contributed by atoms with Crippen LogP contribution in [0.1, 0.15) is 75.7 Å². The Hall–Kier alpha value is -2.33. The van der Waals surface area contributed by atoms with E-state index < -0.39 is 12.1 Å². The molecule has 2 heterocycles.